The first-order valence-electron chi connectivity index (χ1n) is 11.1. The van der Waals surface area contributed by atoms with Crippen molar-refractivity contribution in [2.45, 2.75) is 58.4 Å². The van der Waals surface area contributed by atoms with Gasteiger partial charge in [0.2, 0.25) is 5.91 Å². The minimum absolute atomic E-state index is 0.0656. The fourth-order valence-electron chi connectivity index (χ4n) is 3.25. The van der Waals surface area contributed by atoms with Crippen LogP contribution in [0.5, 0.6) is 0 Å². The van der Waals surface area contributed by atoms with Gasteiger partial charge in [-0.05, 0) is 38.5 Å². The van der Waals surface area contributed by atoms with Gasteiger partial charge < -0.3 is 19.5 Å². The van der Waals surface area contributed by atoms with Gasteiger partial charge in [-0.3, -0.25) is 14.4 Å². The fraction of sp³-hybridized carbons (Fsp3) is 0.857. The summed E-state index contributed by atoms with van der Waals surface area (Å²) < 4.78 is 23.2. The molecule has 1 fully saturated rings. The van der Waals surface area contributed by atoms with E-state index in [2.05, 4.69) is 14.6 Å². The molecule has 1 rings (SSSR count). The molecule has 168 valence electrons. The van der Waals surface area contributed by atoms with Crippen molar-refractivity contribution >= 4 is 26.9 Å². The quantitative estimate of drug-likeness (QED) is 0.228. The third kappa shape index (κ3) is 10.0. The standard InChI is InChI=1S/C21H38NO6P/c1-4-16(19(23)14-29)13-17(21(25)28-11-10-27-9-8-26-3)12-15(2)20(24)22-18-6-5-7-18/h15-18H,4-14,29H2,1-3H3,(H,22,24)/i14T. The summed E-state index contributed by atoms with van der Waals surface area (Å²) in [4.78, 5) is 37.5. The van der Waals surface area contributed by atoms with E-state index in [9.17, 15) is 14.4 Å². The van der Waals surface area contributed by atoms with Gasteiger partial charge in [0.05, 0.1) is 25.7 Å². The lowest BCUT2D eigenvalue weighted by Crippen LogP contribution is -2.42. The summed E-state index contributed by atoms with van der Waals surface area (Å²) in [7, 11) is 3.78. The van der Waals surface area contributed by atoms with Crippen molar-refractivity contribution in [2.24, 2.45) is 17.8 Å². The van der Waals surface area contributed by atoms with E-state index in [1.807, 2.05) is 6.92 Å². The van der Waals surface area contributed by atoms with Gasteiger partial charge in [-0.15, -0.1) is 9.24 Å². The summed E-state index contributed by atoms with van der Waals surface area (Å²) >= 11 is 0. The van der Waals surface area contributed by atoms with E-state index in [0.717, 1.165) is 19.3 Å². The number of ether oxygens (including phenoxy) is 3. The smallest absolute Gasteiger partial charge is 0.309 e. The van der Waals surface area contributed by atoms with Crippen LogP contribution < -0.4 is 5.32 Å². The van der Waals surface area contributed by atoms with E-state index in [-0.39, 0.29) is 43.3 Å². The molecular weight excluding hydrogens is 393 g/mol. The average molecular weight is 434 g/mol. The number of esters is 1. The van der Waals surface area contributed by atoms with Gasteiger partial charge in [0, 0.05) is 32.5 Å². The minimum Gasteiger partial charge on any atom is -0.463 e. The van der Waals surface area contributed by atoms with E-state index < -0.39 is 23.9 Å². The molecule has 0 aliphatic heterocycles. The number of rotatable bonds is 16. The van der Waals surface area contributed by atoms with Crippen molar-refractivity contribution in [2.75, 3.05) is 39.7 Å². The van der Waals surface area contributed by atoms with Crippen LogP contribution in [0.3, 0.4) is 0 Å². The molecule has 8 heteroatoms. The van der Waals surface area contributed by atoms with Crippen molar-refractivity contribution < 1.29 is 30.0 Å². The van der Waals surface area contributed by atoms with Gasteiger partial charge >= 0.3 is 5.97 Å². The molecule has 1 N–H and O–H groups in total. The van der Waals surface area contributed by atoms with Crippen molar-refractivity contribution in [3.8, 4) is 0 Å². The zero-order chi connectivity index (χ0) is 22.5. The summed E-state index contributed by atoms with van der Waals surface area (Å²) in [5.41, 5.74) is 0. The number of methoxy groups -OCH3 is 1. The third-order valence-electron chi connectivity index (χ3n) is 5.40. The Balaban J connectivity index is 2.67. The number of hydrogen-bond acceptors (Lipinski definition) is 6. The van der Waals surface area contributed by atoms with Crippen molar-refractivity contribution in [1.82, 2.24) is 5.32 Å². The number of carbonyl (C=O) groups excluding carboxylic acids is 3. The number of amides is 1. The average Bonchev–Trinajstić information content (AvgIpc) is 2.69. The lowest BCUT2D eigenvalue weighted by molar-refractivity contribution is -0.152. The Morgan fingerprint density at radius 2 is 1.83 bits per heavy atom. The molecule has 5 atom stereocenters. The topological polar surface area (TPSA) is 90.9 Å². The molecule has 1 amide bonds. The molecule has 1 aliphatic carbocycles. The van der Waals surface area contributed by atoms with Crippen LogP contribution in [0.2, 0.25) is 0 Å². The maximum Gasteiger partial charge on any atom is 0.309 e. The van der Waals surface area contributed by atoms with Gasteiger partial charge in [-0.2, -0.15) is 0 Å². The summed E-state index contributed by atoms with van der Waals surface area (Å²) in [6.07, 6.45) is 3.34. The molecule has 0 bridgehead atoms. The van der Waals surface area contributed by atoms with Crippen LogP contribution >= 0.6 is 9.24 Å². The molecule has 0 aromatic carbocycles. The maximum absolute atomic E-state index is 12.7. The second-order valence-electron chi connectivity index (χ2n) is 7.65. The van der Waals surface area contributed by atoms with Crippen LogP contribution in [0.15, 0.2) is 0 Å². The molecule has 1 aliphatic rings. The van der Waals surface area contributed by atoms with E-state index in [1.54, 1.807) is 14.0 Å². The lowest BCUT2D eigenvalue weighted by atomic mass is 9.84. The molecular formula is C21H38NO6P. The van der Waals surface area contributed by atoms with Crippen LogP contribution in [0.25, 0.3) is 0 Å². The molecule has 0 aromatic heterocycles. The first-order chi connectivity index (χ1) is 14.3. The Labute approximate surface area is 178 Å². The molecule has 0 radical (unpaired) electrons. The predicted molar refractivity (Wildman–Crippen MR) is 115 cm³/mol. The van der Waals surface area contributed by atoms with Crippen molar-refractivity contribution in [3.63, 3.8) is 0 Å². The predicted octanol–water partition coefficient (Wildman–Crippen LogP) is 2.36. The highest BCUT2D eigenvalue weighted by Crippen LogP contribution is 2.26. The Bertz CT molecular complexity index is 544. The van der Waals surface area contributed by atoms with E-state index in [0.29, 0.717) is 26.1 Å². The minimum atomic E-state index is -0.917. The third-order valence-corrected chi connectivity index (χ3v) is 5.73. The highest BCUT2D eigenvalue weighted by atomic mass is 31.0. The normalized spacial score (nSPS) is 18.7. The number of Topliss-reactive ketones (excluding diaryl/α,β-unsaturated/α-hetero) is 1. The number of nitrogens with one attached hydrogen (secondary N) is 1. The molecule has 7 nitrogen and oxygen atoms in total. The van der Waals surface area contributed by atoms with Crippen molar-refractivity contribution in [1.29, 1.82) is 0 Å². The summed E-state index contributed by atoms with van der Waals surface area (Å²) in [6.45, 7) is 4.92. The van der Waals surface area contributed by atoms with Gasteiger partial charge in [0.15, 0.2) is 0 Å². The largest absolute Gasteiger partial charge is 0.463 e. The Morgan fingerprint density at radius 3 is 2.38 bits per heavy atom. The molecule has 0 heterocycles. The molecule has 5 unspecified atom stereocenters. The zero-order valence-corrected chi connectivity index (χ0v) is 19.1. The highest BCUT2D eigenvalue weighted by molar-refractivity contribution is 7.18. The molecule has 0 spiro atoms. The SMILES string of the molecule is [3H]C(P)C(=O)C(CC)CC(CC(C)C(=O)NC1CCC1)C(=O)OCCOCCOC. The highest BCUT2D eigenvalue weighted by Gasteiger charge is 2.31. The van der Waals surface area contributed by atoms with Crippen LogP contribution in [0, 0.1) is 17.8 Å². The monoisotopic (exact) mass is 433 g/mol. The molecule has 0 aromatic rings. The summed E-state index contributed by atoms with van der Waals surface area (Å²) in [6, 6.07) is 0.237. The van der Waals surface area contributed by atoms with Crippen molar-refractivity contribution in [3.05, 3.63) is 0 Å². The molecule has 0 saturated heterocycles. The van der Waals surface area contributed by atoms with Gasteiger partial charge in [-0.25, -0.2) is 0 Å². The second kappa shape index (κ2) is 14.9. The summed E-state index contributed by atoms with van der Waals surface area (Å²) in [5.74, 6) is -2.06. The zero-order valence-electron chi connectivity index (χ0n) is 19.0. The van der Waals surface area contributed by atoms with Gasteiger partial charge in [0.1, 0.15) is 12.4 Å². The lowest BCUT2D eigenvalue weighted by Gasteiger charge is -2.29. The van der Waals surface area contributed by atoms with E-state index >= 15 is 0 Å². The number of hydrogen-bond donors (Lipinski definition) is 1. The first kappa shape index (κ1) is 24.2. The van der Waals surface area contributed by atoms with E-state index in [1.165, 1.54) is 0 Å². The Hall–Kier alpha value is -1.04. The van der Waals surface area contributed by atoms with Crippen LogP contribution in [0.1, 0.15) is 53.7 Å². The number of ketones is 1. The molecule has 1 saturated carbocycles. The summed E-state index contributed by atoms with van der Waals surface area (Å²) in [5, 5.41) is 3.02. The van der Waals surface area contributed by atoms with Crippen LogP contribution in [-0.2, 0) is 28.6 Å². The fourth-order valence-corrected chi connectivity index (χ4v) is 3.52. The van der Waals surface area contributed by atoms with Crippen LogP contribution in [0.4, 0.5) is 0 Å². The maximum atomic E-state index is 12.7. The van der Waals surface area contributed by atoms with Gasteiger partial charge in [-0.1, -0.05) is 13.8 Å². The first-order valence-corrected chi connectivity index (χ1v) is 11.2. The van der Waals surface area contributed by atoms with Crippen LogP contribution in [-0.4, -0.2) is 63.4 Å². The Morgan fingerprint density at radius 1 is 1.14 bits per heavy atom. The second-order valence-corrected chi connectivity index (χ2v) is 7.99. The molecule has 29 heavy (non-hydrogen) atoms. The Kier molecular flexibility index (Phi) is 12.4. The van der Waals surface area contributed by atoms with E-state index in [4.69, 9.17) is 15.6 Å². The number of carbonyl (C=O) groups is 3. The van der Waals surface area contributed by atoms with Gasteiger partial charge in [0.25, 0.3) is 0 Å².